The van der Waals surface area contributed by atoms with E-state index in [2.05, 4.69) is 18.8 Å². The van der Waals surface area contributed by atoms with Crippen LogP contribution >= 0.6 is 0 Å². The van der Waals surface area contributed by atoms with Crippen LogP contribution in [0.2, 0.25) is 0 Å². The molecule has 1 rings (SSSR count). The van der Waals surface area contributed by atoms with E-state index < -0.39 is 0 Å². The third kappa shape index (κ3) is 1.72. The van der Waals surface area contributed by atoms with Gasteiger partial charge in [-0.25, -0.2) is 4.98 Å². The van der Waals surface area contributed by atoms with Crippen LogP contribution in [0.4, 0.5) is 0 Å². The fraction of sp³-hybridized carbons (Fsp3) is 0.556. The number of nitrogens with zero attached hydrogens (tertiary/aromatic N) is 2. The maximum atomic E-state index is 11.1. The van der Waals surface area contributed by atoms with Gasteiger partial charge in [-0.2, -0.15) is 4.73 Å². The quantitative estimate of drug-likeness (QED) is 0.494. The summed E-state index contributed by atoms with van der Waals surface area (Å²) in [6, 6.07) is 0. The van der Waals surface area contributed by atoms with Crippen LogP contribution in [0.5, 0.6) is 0 Å². The third-order valence-corrected chi connectivity index (χ3v) is 2.11. The van der Waals surface area contributed by atoms with Crippen molar-refractivity contribution in [2.75, 3.05) is 0 Å². The predicted molar refractivity (Wildman–Crippen MR) is 46.6 cm³/mol. The molecule has 0 bridgehead atoms. The van der Waals surface area contributed by atoms with Crippen molar-refractivity contribution in [3.63, 3.8) is 0 Å². The number of hydrogen-bond donors (Lipinski definition) is 0. The third-order valence-electron chi connectivity index (χ3n) is 2.11. The first-order valence-electron chi connectivity index (χ1n) is 4.20. The van der Waals surface area contributed by atoms with Gasteiger partial charge in [0, 0.05) is 12.8 Å². The molecule has 0 aliphatic carbocycles. The lowest BCUT2D eigenvalue weighted by molar-refractivity contribution is -0.613. The van der Waals surface area contributed by atoms with Gasteiger partial charge in [0.2, 0.25) is 11.9 Å². The van der Waals surface area contributed by atoms with Crippen molar-refractivity contribution in [1.29, 1.82) is 0 Å². The van der Waals surface area contributed by atoms with E-state index in [9.17, 15) is 5.21 Å². The average molecular weight is 166 g/mol. The van der Waals surface area contributed by atoms with Gasteiger partial charge >= 0.3 is 0 Å². The molecular weight excluding hydrogens is 152 g/mol. The summed E-state index contributed by atoms with van der Waals surface area (Å²) < 4.78 is 0.870. The lowest BCUT2D eigenvalue weighted by Crippen LogP contribution is -2.30. The molecule has 0 saturated heterocycles. The van der Waals surface area contributed by atoms with E-state index in [-0.39, 0.29) is 0 Å². The van der Waals surface area contributed by atoms with E-state index >= 15 is 0 Å². The Morgan fingerprint density at radius 1 is 1.67 bits per heavy atom. The summed E-state index contributed by atoms with van der Waals surface area (Å²) in [6.45, 7) is 5.90. The largest absolute Gasteiger partial charge is 0.618 e. The average Bonchev–Trinajstić information content (AvgIpc) is 2.08. The Bertz CT molecular complexity index is 273. The number of hydrogen-bond acceptors (Lipinski definition) is 2. The van der Waals surface area contributed by atoms with Crippen LogP contribution in [-0.4, -0.2) is 4.98 Å². The molecule has 0 aliphatic rings. The van der Waals surface area contributed by atoms with Crippen LogP contribution in [0.3, 0.4) is 0 Å². The Morgan fingerprint density at radius 2 is 2.33 bits per heavy atom. The van der Waals surface area contributed by atoms with E-state index in [1.807, 2.05) is 0 Å². The molecular formula is C9H14N2O. The van der Waals surface area contributed by atoms with Crippen molar-refractivity contribution in [3.05, 3.63) is 29.0 Å². The number of rotatable bonds is 2. The van der Waals surface area contributed by atoms with Gasteiger partial charge in [0.1, 0.15) is 5.69 Å². The lowest BCUT2D eigenvalue weighted by atomic mass is 10.1. The highest BCUT2D eigenvalue weighted by molar-refractivity contribution is 5.00. The highest BCUT2D eigenvalue weighted by Crippen LogP contribution is 2.13. The zero-order valence-corrected chi connectivity index (χ0v) is 7.74. The minimum atomic E-state index is 0.366. The summed E-state index contributed by atoms with van der Waals surface area (Å²) in [5, 5.41) is 11.1. The smallest absolute Gasteiger partial charge is 0.207 e. The zero-order valence-electron chi connectivity index (χ0n) is 7.74. The second-order valence-corrected chi connectivity index (χ2v) is 3.09. The van der Waals surface area contributed by atoms with Crippen LogP contribution in [0.25, 0.3) is 0 Å². The molecule has 1 atom stereocenters. The highest BCUT2D eigenvalue weighted by Gasteiger charge is 2.08. The minimum absolute atomic E-state index is 0.366. The molecule has 3 heteroatoms. The van der Waals surface area contributed by atoms with Gasteiger partial charge < -0.3 is 5.21 Å². The molecule has 0 aliphatic heterocycles. The molecule has 0 saturated carbocycles. The van der Waals surface area contributed by atoms with Gasteiger partial charge in [-0.1, -0.05) is 13.8 Å². The fourth-order valence-electron chi connectivity index (χ4n) is 0.944. The molecule has 1 aromatic heterocycles. The Labute approximate surface area is 72.7 Å². The Morgan fingerprint density at radius 3 is 2.83 bits per heavy atom. The van der Waals surface area contributed by atoms with Gasteiger partial charge in [-0.15, -0.1) is 0 Å². The van der Waals surface area contributed by atoms with Crippen molar-refractivity contribution < 1.29 is 4.73 Å². The topological polar surface area (TPSA) is 39.8 Å². The van der Waals surface area contributed by atoms with E-state index in [0.717, 1.165) is 16.8 Å². The Hall–Kier alpha value is -1.12. The molecule has 1 unspecified atom stereocenters. The monoisotopic (exact) mass is 166 g/mol. The highest BCUT2D eigenvalue weighted by atomic mass is 16.5. The van der Waals surface area contributed by atoms with Gasteiger partial charge in [-0.05, 0) is 6.42 Å². The van der Waals surface area contributed by atoms with E-state index in [0.29, 0.717) is 11.6 Å². The lowest BCUT2D eigenvalue weighted by Gasteiger charge is -2.07. The van der Waals surface area contributed by atoms with Crippen molar-refractivity contribution in [2.45, 2.75) is 33.1 Å². The first-order valence-corrected chi connectivity index (χ1v) is 4.20. The SMILES string of the molecule is CCC(C)c1c[n+]([O-])c(C)cn1. The van der Waals surface area contributed by atoms with Crippen LogP contribution in [-0.2, 0) is 0 Å². The zero-order chi connectivity index (χ0) is 9.14. The second-order valence-electron chi connectivity index (χ2n) is 3.09. The summed E-state index contributed by atoms with van der Waals surface area (Å²) in [6.07, 6.45) is 4.19. The first kappa shape index (κ1) is 8.97. The van der Waals surface area contributed by atoms with E-state index in [1.165, 1.54) is 0 Å². The van der Waals surface area contributed by atoms with Gasteiger partial charge in [0.05, 0.1) is 6.20 Å². The molecule has 0 aromatic carbocycles. The normalized spacial score (nSPS) is 12.9. The summed E-state index contributed by atoms with van der Waals surface area (Å²) >= 11 is 0. The van der Waals surface area contributed by atoms with Crippen molar-refractivity contribution in [3.8, 4) is 0 Å². The first-order chi connectivity index (χ1) is 5.65. The molecule has 1 aromatic rings. The molecule has 12 heavy (non-hydrogen) atoms. The molecule has 0 amide bonds. The van der Waals surface area contributed by atoms with Crippen LogP contribution in [0, 0.1) is 12.1 Å². The summed E-state index contributed by atoms with van der Waals surface area (Å²) in [5.74, 6) is 0.366. The van der Waals surface area contributed by atoms with Gasteiger partial charge in [-0.3, -0.25) is 0 Å². The molecule has 0 fully saturated rings. The van der Waals surface area contributed by atoms with Crippen LogP contribution in [0.1, 0.15) is 37.6 Å². The summed E-state index contributed by atoms with van der Waals surface area (Å²) in [7, 11) is 0. The summed E-state index contributed by atoms with van der Waals surface area (Å²) in [4.78, 5) is 4.19. The standard InChI is InChI=1S/C9H14N2O/c1-4-7(2)9-6-11(12)8(3)5-10-9/h5-7H,4H2,1-3H3. The van der Waals surface area contributed by atoms with Crippen LogP contribution < -0.4 is 4.73 Å². The van der Waals surface area contributed by atoms with Crippen LogP contribution in [0.15, 0.2) is 12.4 Å². The van der Waals surface area contributed by atoms with E-state index in [1.54, 1.807) is 19.3 Å². The Balaban J connectivity index is 2.96. The molecule has 0 spiro atoms. The number of aromatic nitrogens is 2. The summed E-state index contributed by atoms with van der Waals surface area (Å²) in [5.41, 5.74) is 1.51. The molecule has 3 nitrogen and oxygen atoms in total. The fourth-order valence-corrected chi connectivity index (χ4v) is 0.944. The van der Waals surface area contributed by atoms with Gasteiger partial charge in [0.15, 0.2) is 0 Å². The molecule has 66 valence electrons. The maximum Gasteiger partial charge on any atom is 0.207 e. The van der Waals surface area contributed by atoms with Crippen molar-refractivity contribution >= 4 is 0 Å². The number of aryl methyl sites for hydroxylation is 1. The minimum Gasteiger partial charge on any atom is -0.618 e. The van der Waals surface area contributed by atoms with E-state index in [4.69, 9.17) is 0 Å². The molecule has 0 N–H and O–H groups in total. The molecule has 0 radical (unpaired) electrons. The Kier molecular flexibility index (Phi) is 2.63. The molecule has 1 heterocycles. The second kappa shape index (κ2) is 3.52. The predicted octanol–water partition coefficient (Wildman–Crippen LogP) is 1.54. The maximum absolute atomic E-state index is 11.1. The van der Waals surface area contributed by atoms with Crippen molar-refractivity contribution in [2.24, 2.45) is 0 Å². The van der Waals surface area contributed by atoms with Crippen molar-refractivity contribution in [1.82, 2.24) is 4.98 Å². The van der Waals surface area contributed by atoms with Gasteiger partial charge in [0.25, 0.3) is 0 Å².